The van der Waals surface area contributed by atoms with E-state index in [4.69, 9.17) is 5.26 Å². The monoisotopic (exact) mass is 265 g/mol. The maximum Gasteiger partial charge on any atom is 0.270 e. The number of hydrogen-bond acceptors (Lipinski definition) is 5. The van der Waals surface area contributed by atoms with E-state index in [9.17, 15) is 13.2 Å². The number of hydrogen-bond donors (Lipinski definition) is 1. The lowest BCUT2D eigenvalue weighted by molar-refractivity contribution is 0.0936. The van der Waals surface area contributed by atoms with Gasteiger partial charge in [-0.15, -0.1) is 0 Å². The molecule has 2 rings (SSSR count). The molecular weight excluding hydrogens is 254 g/mol. The molecule has 0 radical (unpaired) electrons. The number of carbonyl (C=O) groups is 1. The second-order valence-electron chi connectivity index (χ2n) is 4.12. The number of nitrogens with zero attached hydrogens (tertiary/aromatic N) is 2. The van der Waals surface area contributed by atoms with E-state index in [1.807, 2.05) is 6.07 Å². The Morgan fingerprint density at radius 2 is 2.28 bits per heavy atom. The number of sulfone groups is 1. The number of nitrogens with one attached hydrogen (secondary N) is 1. The highest BCUT2D eigenvalue weighted by Gasteiger charge is 2.29. The normalized spacial score (nSPS) is 21.2. The maximum atomic E-state index is 11.8. The Morgan fingerprint density at radius 3 is 2.78 bits per heavy atom. The van der Waals surface area contributed by atoms with E-state index in [1.54, 1.807) is 0 Å². The first-order valence-corrected chi connectivity index (χ1v) is 7.20. The number of rotatable bonds is 2. The van der Waals surface area contributed by atoms with Crippen molar-refractivity contribution in [1.82, 2.24) is 10.3 Å². The minimum Gasteiger partial charge on any atom is -0.347 e. The summed E-state index contributed by atoms with van der Waals surface area (Å²) >= 11 is 0. The molecule has 94 valence electrons. The van der Waals surface area contributed by atoms with Crippen LogP contribution in [0.1, 0.15) is 22.5 Å². The van der Waals surface area contributed by atoms with E-state index < -0.39 is 15.7 Å². The molecule has 0 bridgehead atoms. The SMILES string of the molecule is N#Cc1ccc(C(=O)NC2CCS(=O)(=O)C2)nc1. The Kier molecular flexibility index (Phi) is 3.30. The van der Waals surface area contributed by atoms with Crippen molar-refractivity contribution in [2.24, 2.45) is 0 Å². The van der Waals surface area contributed by atoms with Gasteiger partial charge in [0.1, 0.15) is 11.8 Å². The van der Waals surface area contributed by atoms with Crippen molar-refractivity contribution in [2.75, 3.05) is 11.5 Å². The largest absolute Gasteiger partial charge is 0.347 e. The quantitative estimate of drug-likeness (QED) is 0.803. The third kappa shape index (κ3) is 2.84. The summed E-state index contributed by atoms with van der Waals surface area (Å²) in [5, 5.41) is 11.2. The molecule has 1 aliphatic heterocycles. The summed E-state index contributed by atoms with van der Waals surface area (Å²) in [6.07, 6.45) is 1.74. The fraction of sp³-hybridized carbons (Fsp3) is 0.364. The van der Waals surface area contributed by atoms with E-state index in [1.165, 1.54) is 18.3 Å². The second kappa shape index (κ2) is 4.74. The molecule has 1 amide bonds. The highest BCUT2D eigenvalue weighted by atomic mass is 32.2. The third-order valence-electron chi connectivity index (χ3n) is 2.69. The average molecular weight is 265 g/mol. The van der Waals surface area contributed by atoms with Crippen LogP contribution >= 0.6 is 0 Å². The Morgan fingerprint density at radius 1 is 1.50 bits per heavy atom. The minimum atomic E-state index is -3.01. The summed E-state index contributed by atoms with van der Waals surface area (Å²) in [5.41, 5.74) is 0.549. The van der Waals surface area contributed by atoms with Crippen LogP contribution in [0, 0.1) is 11.3 Å². The van der Waals surface area contributed by atoms with Gasteiger partial charge in [0.25, 0.3) is 5.91 Å². The number of aromatic nitrogens is 1. The van der Waals surface area contributed by atoms with E-state index in [-0.39, 0.29) is 23.2 Å². The molecule has 1 aliphatic rings. The highest BCUT2D eigenvalue weighted by molar-refractivity contribution is 7.91. The zero-order valence-electron chi connectivity index (χ0n) is 9.46. The molecule has 0 aromatic carbocycles. The lowest BCUT2D eigenvalue weighted by atomic mass is 10.2. The zero-order valence-corrected chi connectivity index (χ0v) is 10.3. The number of pyridine rings is 1. The molecule has 0 aliphatic carbocycles. The van der Waals surface area contributed by atoms with E-state index in [0.29, 0.717) is 12.0 Å². The Bertz CT molecular complexity index is 601. The Labute approximate surface area is 105 Å². The van der Waals surface area contributed by atoms with Crippen molar-refractivity contribution >= 4 is 15.7 Å². The van der Waals surface area contributed by atoms with Crippen molar-refractivity contribution < 1.29 is 13.2 Å². The van der Waals surface area contributed by atoms with E-state index >= 15 is 0 Å². The standard InChI is InChI=1S/C11H11N3O3S/c12-5-8-1-2-10(13-6-8)11(15)14-9-3-4-18(16,17)7-9/h1-2,6,9H,3-4,7H2,(H,14,15). The first kappa shape index (κ1) is 12.5. The lowest BCUT2D eigenvalue weighted by Gasteiger charge is -2.09. The van der Waals surface area contributed by atoms with Crippen LogP contribution in [0.5, 0.6) is 0 Å². The van der Waals surface area contributed by atoms with Gasteiger partial charge in [-0.2, -0.15) is 5.26 Å². The molecule has 1 fully saturated rings. The second-order valence-corrected chi connectivity index (χ2v) is 6.35. The molecule has 1 saturated heterocycles. The van der Waals surface area contributed by atoms with Gasteiger partial charge < -0.3 is 5.32 Å². The predicted octanol–water partition coefficient (Wildman–Crippen LogP) is -0.130. The van der Waals surface area contributed by atoms with Crippen molar-refractivity contribution in [3.63, 3.8) is 0 Å². The molecule has 1 aromatic rings. The Hall–Kier alpha value is -1.94. The summed E-state index contributed by atoms with van der Waals surface area (Å²) in [5.74, 6) is -0.324. The van der Waals surface area contributed by atoms with Crippen molar-refractivity contribution in [3.05, 3.63) is 29.6 Å². The molecule has 18 heavy (non-hydrogen) atoms. The molecule has 7 heteroatoms. The predicted molar refractivity (Wildman–Crippen MR) is 63.5 cm³/mol. The minimum absolute atomic E-state index is 0.0188. The van der Waals surface area contributed by atoms with E-state index in [0.717, 1.165) is 0 Å². The molecule has 0 saturated carbocycles. The average Bonchev–Trinajstić information content (AvgIpc) is 2.68. The first-order chi connectivity index (χ1) is 8.50. The van der Waals surface area contributed by atoms with Gasteiger partial charge in [0.2, 0.25) is 0 Å². The molecule has 1 aromatic heterocycles. The van der Waals surface area contributed by atoms with Crippen LogP contribution in [-0.4, -0.2) is 36.9 Å². The molecular formula is C11H11N3O3S. The van der Waals surface area contributed by atoms with Gasteiger partial charge in [-0.25, -0.2) is 13.4 Å². The summed E-state index contributed by atoms with van der Waals surface area (Å²) in [6.45, 7) is 0. The van der Waals surface area contributed by atoms with Crippen LogP contribution in [0.15, 0.2) is 18.3 Å². The third-order valence-corrected chi connectivity index (χ3v) is 4.46. The fourth-order valence-corrected chi connectivity index (χ4v) is 3.44. The van der Waals surface area contributed by atoms with Crippen LogP contribution in [-0.2, 0) is 9.84 Å². The molecule has 1 atom stereocenters. The topological polar surface area (TPSA) is 99.9 Å². The molecule has 1 unspecified atom stereocenters. The first-order valence-electron chi connectivity index (χ1n) is 5.37. The smallest absolute Gasteiger partial charge is 0.270 e. The summed E-state index contributed by atoms with van der Waals surface area (Å²) in [7, 11) is -3.01. The van der Waals surface area contributed by atoms with Crippen molar-refractivity contribution in [1.29, 1.82) is 5.26 Å². The van der Waals surface area contributed by atoms with Gasteiger partial charge in [0.05, 0.1) is 17.1 Å². The maximum absolute atomic E-state index is 11.8. The van der Waals surface area contributed by atoms with Gasteiger partial charge in [-0.05, 0) is 18.6 Å². The van der Waals surface area contributed by atoms with Crippen LogP contribution in [0.25, 0.3) is 0 Å². The molecule has 2 heterocycles. The van der Waals surface area contributed by atoms with Crippen LogP contribution in [0.2, 0.25) is 0 Å². The molecule has 0 spiro atoms. The van der Waals surface area contributed by atoms with Crippen molar-refractivity contribution in [2.45, 2.75) is 12.5 Å². The number of nitriles is 1. The summed E-state index contributed by atoms with van der Waals surface area (Å²) in [6, 6.07) is 4.49. The van der Waals surface area contributed by atoms with Gasteiger partial charge in [-0.1, -0.05) is 0 Å². The van der Waals surface area contributed by atoms with Gasteiger partial charge in [0.15, 0.2) is 9.84 Å². The summed E-state index contributed by atoms with van der Waals surface area (Å²) < 4.78 is 22.5. The number of amides is 1. The van der Waals surface area contributed by atoms with Crippen LogP contribution in [0.3, 0.4) is 0 Å². The summed E-state index contributed by atoms with van der Waals surface area (Å²) in [4.78, 5) is 15.6. The molecule has 6 nitrogen and oxygen atoms in total. The highest BCUT2D eigenvalue weighted by Crippen LogP contribution is 2.11. The Balaban J connectivity index is 2.02. The zero-order chi connectivity index (χ0) is 13.2. The van der Waals surface area contributed by atoms with Gasteiger partial charge in [0, 0.05) is 12.2 Å². The van der Waals surface area contributed by atoms with Gasteiger partial charge >= 0.3 is 0 Å². The van der Waals surface area contributed by atoms with Gasteiger partial charge in [-0.3, -0.25) is 4.79 Å². The lowest BCUT2D eigenvalue weighted by Crippen LogP contribution is -2.36. The van der Waals surface area contributed by atoms with Crippen LogP contribution in [0.4, 0.5) is 0 Å². The number of carbonyl (C=O) groups excluding carboxylic acids is 1. The molecule has 1 N–H and O–H groups in total. The van der Waals surface area contributed by atoms with Crippen molar-refractivity contribution in [3.8, 4) is 6.07 Å². The van der Waals surface area contributed by atoms with E-state index in [2.05, 4.69) is 10.3 Å². The van der Waals surface area contributed by atoms with Crippen LogP contribution < -0.4 is 5.32 Å². The fourth-order valence-electron chi connectivity index (χ4n) is 1.76.